The Bertz CT molecular complexity index is 1380. The highest BCUT2D eigenvalue weighted by Crippen LogP contribution is 2.43. The molecule has 0 bridgehead atoms. The Morgan fingerprint density at radius 3 is 2.61 bits per heavy atom. The Balaban J connectivity index is 1.43. The molecule has 1 atom stereocenters. The normalized spacial score (nSPS) is 17.1. The van der Waals surface area contributed by atoms with Crippen molar-refractivity contribution in [1.29, 1.82) is 0 Å². The first-order chi connectivity index (χ1) is 17.7. The third-order valence-corrected chi connectivity index (χ3v) is 7.34. The Kier molecular flexibility index (Phi) is 6.21. The number of benzene rings is 2. The van der Waals surface area contributed by atoms with Crippen molar-refractivity contribution in [3.63, 3.8) is 0 Å². The molecule has 2 aliphatic rings. The smallest absolute Gasteiger partial charge is 0.238 e. The molecule has 1 aliphatic carbocycles. The maximum Gasteiger partial charge on any atom is 0.238 e. The Hall–Kier alpha value is -3.62. The van der Waals surface area contributed by atoms with Gasteiger partial charge in [-0.25, -0.2) is 15.0 Å². The van der Waals surface area contributed by atoms with Crippen molar-refractivity contribution in [2.24, 2.45) is 0 Å². The van der Waals surface area contributed by atoms with Gasteiger partial charge in [0, 0.05) is 42.1 Å². The molecular weight excluding hydrogens is 454 g/mol. The summed E-state index contributed by atoms with van der Waals surface area (Å²) < 4.78 is 10.9. The van der Waals surface area contributed by atoms with Crippen LogP contribution in [0.5, 0.6) is 5.88 Å². The average molecular weight is 484 g/mol. The summed E-state index contributed by atoms with van der Waals surface area (Å²) in [5.41, 5.74) is 6.20. The number of aliphatic hydroxyl groups is 1. The van der Waals surface area contributed by atoms with Crippen molar-refractivity contribution < 1.29 is 14.6 Å². The standard InChI is InChI=1S/C28H29N5O3/c1-35-28-26(29-9-10-30-28)27(34)23-15-19(5-7-21(23)18-3-2-4-18)25-22-8-6-20(16-24(22)31-17-32-25)33-11-13-36-14-12-33/h5-10,15-18,27,34H,2-4,11-14H2,1H3. The van der Waals surface area contributed by atoms with Gasteiger partial charge in [0.25, 0.3) is 0 Å². The van der Waals surface area contributed by atoms with Crippen LogP contribution >= 0.6 is 0 Å². The zero-order chi connectivity index (χ0) is 24.5. The van der Waals surface area contributed by atoms with E-state index in [1.165, 1.54) is 6.42 Å². The van der Waals surface area contributed by atoms with Gasteiger partial charge in [-0.3, -0.25) is 4.98 Å². The molecule has 0 spiro atoms. The summed E-state index contributed by atoms with van der Waals surface area (Å²) in [6, 6.07) is 12.6. The minimum absolute atomic E-state index is 0.332. The lowest BCUT2D eigenvalue weighted by atomic mass is 9.76. The largest absolute Gasteiger partial charge is 0.480 e. The molecule has 2 fully saturated rings. The topological polar surface area (TPSA) is 93.5 Å². The van der Waals surface area contributed by atoms with E-state index in [1.54, 1.807) is 25.8 Å². The van der Waals surface area contributed by atoms with Gasteiger partial charge in [-0.15, -0.1) is 0 Å². The molecule has 6 rings (SSSR count). The van der Waals surface area contributed by atoms with Crippen LogP contribution < -0.4 is 9.64 Å². The zero-order valence-electron chi connectivity index (χ0n) is 20.3. The molecule has 1 saturated heterocycles. The maximum atomic E-state index is 11.5. The summed E-state index contributed by atoms with van der Waals surface area (Å²) in [5.74, 6) is 0.766. The van der Waals surface area contributed by atoms with Gasteiger partial charge in [0.1, 0.15) is 18.1 Å². The van der Waals surface area contributed by atoms with E-state index in [0.717, 1.165) is 78.1 Å². The predicted molar refractivity (Wildman–Crippen MR) is 137 cm³/mol. The SMILES string of the molecule is COc1nccnc1C(O)c1cc(-c2ncnc3cc(N4CCOCC4)ccc23)ccc1C1CCC1. The van der Waals surface area contributed by atoms with Crippen LogP contribution in [0.15, 0.2) is 55.1 Å². The van der Waals surface area contributed by atoms with Crippen LogP contribution in [0.1, 0.15) is 48.1 Å². The van der Waals surface area contributed by atoms with E-state index >= 15 is 0 Å². The molecule has 1 saturated carbocycles. The zero-order valence-corrected chi connectivity index (χ0v) is 20.3. The van der Waals surface area contributed by atoms with Crippen LogP contribution in [0, 0.1) is 0 Å². The number of rotatable bonds is 6. The van der Waals surface area contributed by atoms with Crippen LogP contribution in [-0.2, 0) is 4.74 Å². The number of nitrogens with zero attached hydrogens (tertiary/aromatic N) is 5. The van der Waals surface area contributed by atoms with E-state index in [9.17, 15) is 5.11 Å². The number of aliphatic hydroxyl groups excluding tert-OH is 1. The average Bonchev–Trinajstić information content (AvgIpc) is 2.92. The molecule has 0 radical (unpaired) electrons. The van der Waals surface area contributed by atoms with E-state index in [1.807, 2.05) is 6.07 Å². The lowest BCUT2D eigenvalue weighted by Crippen LogP contribution is -2.36. The molecule has 3 heterocycles. The molecular formula is C28H29N5O3. The number of fused-ring (bicyclic) bond motifs is 1. The van der Waals surface area contributed by atoms with Gasteiger partial charge in [-0.2, -0.15) is 0 Å². The van der Waals surface area contributed by atoms with E-state index in [-0.39, 0.29) is 0 Å². The van der Waals surface area contributed by atoms with Crippen molar-refractivity contribution >= 4 is 16.6 Å². The predicted octanol–water partition coefficient (Wildman–Crippen LogP) is 4.28. The number of methoxy groups -OCH3 is 1. The monoisotopic (exact) mass is 483 g/mol. The van der Waals surface area contributed by atoms with Crippen LogP contribution in [-0.4, -0.2) is 58.5 Å². The van der Waals surface area contributed by atoms with Gasteiger partial charge in [0.2, 0.25) is 5.88 Å². The summed E-state index contributed by atoms with van der Waals surface area (Å²) in [4.78, 5) is 20.2. The van der Waals surface area contributed by atoms with E-state index in [0.29, 0.717) is 17.5 Å². The third-order valence-electron chi connectivity index (χ3n) is 7.34. The fraction of sp³-hybridized carbons (Fsp3) is 0.357. The quantitative estimate of drug-likeness (QED) is 0.434. The summed E-state index contributed by atoms with van der Waals surface area (Å²) in [6.45, 7) is 3.22. The Morgan fingerprint density at radius 1 is 1.00 bits per heavy atom. The molecule has 36 heavy (non-hydrogen) atoms. The second-order valence-electron chi connectivity index (χ2n) is 9.35. The first-order valence-electron chi connectivity index (χ1n) is 12.5. The molecule has 184 valence electrons. The van der Waals surface area contributed by atoms with Gasteiger partial charge >= 0.3 is 0 Å². The highest BCUT2D eigenvalue weighted by Gasteiger charge is 2.28. The van der Waals surface area contributed by atoms with E-state index < -0.39 is 6.10 Å². The molecule has 2 aromatic carbocycles. The van der Waals surface area contributed by atoms with Gasteiger partial charge in [-0.1, -0.05) is 18.6 Å². The number of ether oxygens (including phenoxy) is 2. The number of aromatic nitrogens is 4. The third kappa shape index (κ3) is 4.16. The molecule has 0 amide bonds. The summed E-state index contributed by atoms with van der Waals surface area (Å²) in [5, 5.41) is 12.5. The fourth-order valence-electron chi connectivity index (χ4n) is 5.17. The van der Waals surface area contributed by atoms with Gasteiger partial charge in [-0.05, 0) is 54.2 Å². The van der Waals surface area contributed by atoms with Gasteiger partial charge in [0.05, 0.1) is 31.5 Å². The molecule has 8 nitrogen and oxygen atoms in total. The summed E-state index contributed by atoms with van der Waals surface area (Å²) >= 11 is 0. The molecule has 1 unspecified atom stereocenters. The summed E-state index contributed by atoms with van der Waals surface area (Å²) in [7, 11) is 1.54. The van der Waals surface area contributed by atoms with Crippen molar-refractivity contribution in [2.45, 2.75) is 31.3 Å². The highest BCUT2D eigenvalue weighted by atomic mass is 16.5. The van der Waals surface area contributed by atoms with Crippen LogP contribution in [0.3, 0.4) is 0 Å². The van der Waals surface area contributed by atoms with E-state index in [4.69, 9.17) is 9.47 Å². The molecule has 4 aromatic rings. The van der Waals surface area contributed by atoms with Gasteiger partial charge in [0.15, 0.2) is 0 Å². The minimum Gasteiger partial charge on any atom is -0.480 e. The number of hydrogen-bond acceptors (Lipinski definition) is 8. The molecule has 1 N–H and O–H groups in total. The van der Waals surface area contributed by atoms with Crippen molar-refractivity contribution in [1.82, 2.24) is 19.9 Å². The molecule has 1 aliphatic heterocycles. The first-order valence-corrected chi connectivity index (χ1v) is 12.5. The Morgan fingerprint density at radius 2 is 1.83 bits per heavy atom. The molecule has 8 heteroatoms. The Labute approximate surface area is 210 Å². The highest BCUT2D eigenvalue weighted by molar-refractivity contribution is 5.94. The summed E-state index contributed by atoms with van der Waals surface area (Å²) in [6.07, 6.45) is 7.26. The number of morpholine rings is 1. The van der Waals surface area contributed by atoms with Crippen molar-refractivity contribution in [3.8, 4) is 17.1 Å². The molecule has 2 aromatic heterocycles. The lowest BCUT2D eigenvalue weighted by molar-refractivity contribution is 0.122. The van der Waals surface area contributed by atoms with Crippen molar-refractivity contribution in [2.75, 3.05) is 38.3 Å². The van der Waals surface area contributed by atoms with Crippen molar-refractivity contribution in [3.05, 3.63) is 71.9 Å². The van der Waals surface area contributed by atoms with Crippen LogP contribution in [0.2, 0.25) is 0 Å². The second kappa shape index (κ2) is 9.79. The van der Waals surface area contributed by atoms with Crippen LogP contribution in [0.25, 0.3) is 22.2 Å². The maximum absolute atomic E-state index is 11.5. The fourth-order valence-corrected chi connectivity index (χ4v) is 5.17. The second-order valence-corrected chi connectivity index (χ2v) is 9.35. The number of hydrogen-bond donors (Lipinski definition) is 1. The van der Waals surface area contributed by atoms with E-state index in [2.05, 4.69) is 55.2 Å². The minimum atomic E-state index is -0.953. The van der Waals surface area contributed by atoms with Crippen LogP contribution in [0.4, 0.5) is 5.69 Å². The lowest BCUT2D eigenvalue weighted by Gasteiger charge is -2.30. The first kappa shape index (κ1) is 22.8. The van der Waals surface area contributed by atoms with Gasteiger partial charge < -0.3 is 19.5 Å². The number of anilines is 1.